The molecule has 0 unspecified atom stereocenters. The number of aromatic amines is 1. The second-order valence-electron chi connectivity index (χ2n) is 2.41. The molecule has 0 aliphatic heterocycles. The second kappa shape index (κ2) is 3.32. The number of halogens is 1. The highest BCUT2D eigenvalue weighted by atomic mass is 35.5. The Labute approximate surface area is 83.4 Å². The fourth-order valence-corrected chi connectivity index (χ4v) is 2.06. The molecule has 0 fully saturated rings. The minimum Gasteiger partial charge on any atom is -0.288 e. The molecular formula is C8H5ClN2OS. The Morgan fingerprint density at radius 2 is 2.46 bits per heavy atom. The number of hydrogen-bond donors (Lipinski definition) is 1. The number of carbonyl (C=O) groups is 1. The average molecular weight is 213 g/mol. The predicted molar refractivity (Wildman–Crippen MR) is 51.3 cm³/mol. The molecular weight excluding hydrogens is 208 g/mol. The quantitative estimate of drug-likeness (QED) is 0.777. The normalized spacial score (nSPS) is 10.2. The van der Waals surface area contributed by atoms with E-state index in [0.717, 1.165) is 0 Å². The highest BCUT2D eigenvalue weighted by Crippen LogP contribution is 2.24. The third kappa shape index (κ3) is 1.50. The van der Waals surface area contributed by atoms with Gasteiger partial charge in [0.1, 0.15) is 0 Å². The smallest absolute Gasteiger partial charge is 0.207 e. The first-order valence-corrected chi connectivity index (χ1v) is 4.81. The molecule has 2 rings (SSSR count). The van der Waals surface area contributed by atoms with Crippen molar-refractivity contribution in [3.63, 3.8) is 0 Å². The zero-order chi connectivity index (χ0) is 9.26. The van der Waals surface area contributed by atoms with Gasteiger partial charge in [0.25, 0.3) is 0 Å². The van der Waals surface area contributed by atoms with Crippen LogP contribution >= 0.6 is 22.9 Å². The Morgan fingerprint density at radius 1 is 1.62 bits per heavy atom. The van der Waals surface area contributed by atoms with Crippen molar-refractivity contribution in [2.75, 3.05) is 0 Å². The summed E-state index contributed by atoms with van der Waals surface area (Å²) >= 11 is 7.14. The van der Waals surface area contributed by atoms with E-state index in [2.05, 4.69) is 10.2 Å². The lowest BCUT2D eigenvalue weighted by Crippen LogP contribution is -1.96. The van der Waals surface area contributed by atoms with Gasteiger partial charge in [-0.1, -0.05) is 11.6 Å². The molecule has 0 aliphatic rings. The largest absolute Gasteiger partial charge is 0.288 e. The third-order valence-corrected chi connectivity index (χ3v) is 2.92. The molecule has 5 heteroatoms. The van der Waals surface area contributed by atoms with Crippen LogP contribution in [0.15, 0.2) is 23.8 Å². The van der Waals surface area contributed by atoms with Gasteiger partial charge in [-0.25, -0.2) is 0 Å². The van der Waals surface area contributed by atoms with Crippen LogP contribution in [0.3, 0.4) is 0 Å². The van der Waals surface area contributed by atoms with E-state index in [1.54, 1.807) is 17.6 Å². The van der Waals surface area contributed by atoms with Crippen molar-refractivity contribution < 1.29 is 4.79 Å². The molecule has 0 bridgehead atoms. The number of ketones is 1. The van der Waals surface area contributed by atoms with E-state index in [9.17, 15) is 4.79 Å². The topological polar surface area (TPSA) is 45.8 Å². The minimum atomic E-state index is -0.0891. The number of nitrogens with zero attached hydrogens (tertiary/aromatic N) is 1. The van der Waals surface area contributed by atoms with Gasteiger partial charge in [0, 0.05) is 6.20 Å². The van der Waals surface area contributed by atoms with Crippen LogP contribution in [0.5, 0.6) is 0 Å². The van der Waals surface area contributed by atoms with E-state index in [1.807, 2.05) is 0 Å². The Kier molecular flexibility index (Phi) is 2.16. The van der Waals surface area contributed by atoms with Gasteiger partial charge in [-0.15, -0.1) is 11.3 Å². The lowest BCUT2D eigenvalue weighted by Gasteiger charge is -1.92. The molecule has 0 atom stereocenters. The van der Waals surface area contributed by atoms with Crippen LogP contribution in [0.25, 0.3) is 0 Å². The minimum absolute atomic E-state index is 0.0891. The standard InChI is InChI=1S/C8H5ClN2OS/c9-6-1-2-13-8(6)7(12)5-3-10-11-4-5/h1-4H,(H,10,11). The fraction of sp³-hybridized carbons (Fsp3) is 0. The number of carbonyl (C=O) groups excluding carboxylic acids is 1. The second-order valence-corrected chi connectivity index (χ2v) is 3.74. The van der Waals surface area contributed by atoms with Crippen LogP contribution in [-0.2, 0) is 0 Å². The maximum Gasteiger partial charge on any atom is 0.207 e. The maximum atomic E-state index is 11.7. The summed E-state index contributed by atoms with van der Waals surface area (Å²) in [6, 6.07) is 1.71. The number of hydrogen-bond acceptors (Lipinski definition) is 3. The van der Waals surface area contributed by atoms with E-state index < -0.39 is 0 Å². The molecule has 2 heterocycles. The van der Waals surface area contributed by atoms with Gasteiger partial charge in [-0.05, 0) is 11.4 Å². The highest BCUT2D eigenvalue weighted by molar-refractivity contribution is 7.13. The van der Waals surface area contributed by atoms with Crippen LogP contribution in [0.1, 0.15) is 15.2 Å². The molecule has 2 aromatic heterocycles. The molecule has 0 amide bonds. The average Bonchev–Trinajstić information content (AvgIpc) is 2.72. The van der Waals surface area contributed by atoms with Crippen molar-refractivity contribution in [3.8, 4) is 0 Å². The molecule has 0 spiro atoms. The van der Waals surface area contributed by atoms with Crippen LogP contribution in [0.2, 0.25) is 5.02 Å². The molecule has 66 valence electrons. The van der Waals surface area contributed by atoms with Crippen molar-refractivity contribution in [2.45, 2.75) is 0 Å². The number of rotatable bonds is 2. The summed E-state index contributed by atoms with van der Waals surface area (Å²) in [6.45, 7) is 0. The summed E-state index contributed by atoms with van der Waals surface area (Å²) in [5.74, 6) is -0.0891. The van der Waals surface area contributed by atoms with Crippen LogP contribution in [0.4, 0.5) is 0 Å². The van der Waals surface area contributed by atoms with Gasteiger partial charge in [0.2, 0.25) is 5.78 Å². The van der Waals surface area contributed by atoms with Crippen LogP contribution in [0, 0.1) is 0 Å². The van der Waals surface area contributed by atoms with Crippen molar-refractivity contribution in [3.05, 3.63) is 39.3 Å². The zero-order valence-electron chi connectivity index (χ0n) is 6.45. The van der Waals surface area contributed by atoms with Crippen molar-refractivity contribution in [1.29, 1.82) is 0 Å². The molecule has 0 saturated carbocycles. The fourth-order valence-electron chi connectivity index (χ4n) is 0.962. The Morgan fingerprint density at radius 3 is 3.00 bits per heavy atom. The van der Waals surface area contributed by atoms with Gasteiger partial charge in [-0.3, -0.25) is 9.89 Å². The molecule has 1 N–H and O–H groups in total. The SMILES string of the molecule is O=C(c1cn[nH]c1)c1sccc1Cl. The summed E-state index contributed by atoms with van der Waals surface area (Å²) < 4.78 is 0. The number of thiophene rings is 1. The van der Waals surface area contributed by atoms with E-state index in [1.165, 1.54) is 17.5 Å². The molecule has 0 saturated heterocycles. The number of H-pyrrole nitrogens is 1. The maximum absolute atomic E-state index is 11.7. The Bertz CT molecular complexity index is 421. The highest BCUT2D eigenvalue weighted by Gasteiger charge is 2.14. The first kappa shape index (κ1) is 8.47. The van der Waals surface area contributed by atoms with Crippen LogP contribution < -0.4 is 0 Å². The summed E-state index contributed by atoms with van der Waals surface area (Å²) in [5, 5.41) is 8.57. The Hall–Kier alpha value is -1.13. The first-order chi connectivity index (χ1) is 6.29. The van der Waals surface area contributed by atoms with E-state index in [4.69, 9.17) is 11.6 Å². The zero-order valence-corrected chi connectivity index (χ0v) is 8.02. The van der Waals surface area contributed by atoms with Gasteiger partial charge < -0.3 is 0 Å². The summed E-state index contributed by atoms with van der Waals surface area (Å²) in [5.41, 5.74) is 0.532. The van der Waals surface area contributed by atoms with Gasteiger partial charge in [0.05, 0.1) is 21.7 Å². The van der Waals surface area contributed by atoms with E-state index in [0.29, 0.717) is 15.5 Å². The molecule has 0 aromatic carbocycles. The predicted octanol–water partition coefficient (Wildman–Crippen LogP) is 2.36. The molecule has 13 heavy (non-hydrogen) atoms. The lowest BCUT2D eigenvalue weighted by atomic mass is 10.2. The molecule has 3 nitrogen and oxygen atoms in total. The first-order valence-electron chi connectivity index (χ1n) is 3.55. The van der Waals surface area contributed by atoms with E-state index in [-0.39, 0.29) is 5.78 Å². The van der Waals surface area contributed by atoms with Gasteiger partial charge in [-0.2, -0.15) is 5.10 Å². The summed E-state index contributed by atoms with van der Waals surface area (Å²) in [7, 11) is 0. The third-order valence-electron chi connectivity index (χ3n) is 1.58. The summed E-state index contributed by atoms with van der Waals surface area (Å²) in [6.07, 6.45) is 3.04. The summed E-state index contributed by atoms with van der Waals surface area (Å²) in [4.78, 5) is 12.2. The number of nitrogens with one attached hydrogen (secondary N) is 1. The van der Waals surface area contributed by atoms with Crippen molar-refractivity contribution >= 4 is 28.7 Å². The van der Waals surface area contributed by atoms with Gasteiger partial charge in [0.15, 0.2) is 0 Å². The molecule has 2 aromatic rings. The monoisotopic (exact) mass is 212 g/mol. The van der Waals surface area contributed by atoms with Crippen molar-refractivity contribution in [2.24, 2.45) is 0 Å². The van der Waals surface area contributed by atoms with Crippen molar-refractivity contribution in [1.82, 2.24) is 10.2 Å². The number of aromatic nitrogens is 2. The Balaban J connectivity index is 2.39. The lowest BCUT2D eigenvalue weighted by molar-refractivity contribution is 0.104. The van der Waals surface area contributed by atoms with Crippen LogP contribution in [-0.4, -0.2) is 16.0 Å². The van der Waals surface area contributed by atoms with E-state index >= 15 is 0 Å². The van der Waals surface area contributed by atoms with Gasteiger partial charge >= 0.3 is 0 Å². The molecule has 0 radical (unpaired) electrons. The molecule has 0 aliphatic carbocycles.